The molecule has 0 spiro atoms. The number of sulfone groups is 1. The molecule has 0 aliphatic heterocycles. The minimum atomic E-state index is -4.66. The highest BCUT2D eigenvalue weighted by atomic mass is 35.5. The van der Waals surface area contributed by atoms with Crippen molar-refractivity contribution in [1.29, 1.82) is 0 Å². The molecule has 15 heteroatoms. The number of halogens is 2. The van der Waals surface area contributed by atoms with E-state index >= 15 is 0 Å². The van der Waals surface area contributed by atoms with Gasteiger partial charge in [-0.15, -0.1) is 8.67 Å². The lowest BCUT2D eigenvalue weighted by Crippen LogP contribution is -2.08. The maximum absolute atomic E-state index is 12.8. The van der Waals surface area contributed by atoms with Crippen LogP contribution in [-0.4, -0.2) is 27.4 Å². The van der Waals surface area contributed by atoms with Crippen molar-refractivity contribution in [2.75, 3.05) is 0 Å². The van der Waals surface area contributed by atoms with Crippen LogP contribution >= 0.6 is 35.2 Å². The van der Waals surface area contributed by atoms with Crippen molar-refractivity contribution in [2.24, 2.45) is 0 Å². The monoisotopic (exact) mass is 478 g/mol. The lowest BCUT2D eigenvalue weighted by molar-refractivity contribution is -0.591. The molecule has 0 radical (unpaired) electrons. The Kier molecular flexibility index (Phi) is 7.46. The second-order valence-electron chi connectivity index (χ2n) is 4.51. The van der Waals surface area contributed by atoms with E-state index in [9.17, 15) is 16.8 Å². The highest BCUT2D eigenvalue weighted by Crippen LogP contribution is 2.34. The smallest absolute Gasteiger partial charge is 0.235 e. The summed E-state index contributed by atoms with van der Waals surface area (Å²) in [5, 5.41) is 23.2. The third kappa shape index (κ3) is 5.10. The summed E-state index contributed by atoms with van der Waals surface area (Å²) >= 11 is 12.1. The fraction of sp³-hybridized carbons (Fsp3) is 0. The van der Waals surface area contributed by atoms with Gasteiger partial charge in [0, 0.05) is 0 Å². The summed E-state index contributed by atoms with van der Waals surface area (Å²) in [6.07, 6.45) is 0. The first-order valence-corrected chi connectivity index (χ1v) is 10.8. The largest absolute Gasteiger partial charge is 0.324 e. The molecule has 0 heterocycles. The fourth-order valence-electron chi connectivity index (χ4n) is 1.80. The van der Waals surface area contributed by atoms with Crippen LogP contribution in [0.1, 0.15) is 0 Å². The van der Waals surface area contributed by atoms with Crippen molar-refractivity contribution < 1.29 is 46.1 Å². The number of rotatable bonds is 8. The maximum Gasteiger partial charge on any atom is 0.324 e. The van der Waals surface area contributed by atoms with Gasteiger partial charge in [0.15, 0.2) is 0 Å². The summed E-state index contributed by atoms with van der Waals surface area (Å²) in [6.45, 7) is 0. The van der Waals surface area contributed by atoms with Gasteiger partial charge in [-0.25, -0.2) is 18.9 Å². The molecule has 0 saturated heterocycles. The molecule has 0 unspecified atom stereocenters. The van der Waals surface area contributed by atoms with Crippen LogP contribution in [0.4, 0.5) is 0 Å². The van der Waals surface area contributed by atoms with Gasteiger partial charge in [-0.2, -0.15) is 8.42 Å². The van der Waals surface area contributed by atoms with E-state index in [2.05, 4.69) is 18.7 Å². The average molecular weight is 479 g/mol. The summed E-state index contributed by atoms with van der Waals surface area (Å²) < 4.78 is 56.6. The maximum atomic E-state index is 12.8. The number of hydrogen-bond acceptors (Lipinski definition) is 11. The third-order valence-electron chi connectivity index (χ3n) is 2.98. The normalized spacial score (nSPS) is 12.3. The minimum absolute atomic E-state index is 0.0790. The molecule has 0 amide bonds. The Balaban J connectivity index is 2.50. The van der Waals surface area contributed by atoms with Gasteiger partial charge >= 0.3 is 10.1 Å². The summed E-state index contributed by atoms with van der Waals surface area (Å²) in [4.78, 5) is -1.39. The Morgan fingerprint density at radius 1 is 0.889 bits per heavy atom. The lowest BCUT2D eigenvalue weighted by atomic mass is 10.3. The molecule has 27 heavy (non-hydrogen) atoms. The molecule has 2 rings (SSSR count). The van der Waals surface area contributed by atoms with E-state index in [1.54, 1.807) is 0 Å². The van der Waals surface area contributed by atoms with Crippen molar-refractivity contribution in [3.63, 3.8) is 0 Å². The van der Waals surface area contributed by atoms with Gasteiger partial charge in [0.1, 0.15) is 4.90 Å². The summed E-state index contributed by atoms with van der Waals surface area (Å²) in [7, 11) is -8.89. The molecule has 0 saturated carbocycles. The van der Waals surface area contributed by atoms with E-state index in [0.717, 1.165) is 30.3 Å². The molecular weight excluding hydrogens is 471 g/mol. The van der Waals surface area contributed by atoms with Crippen LogP contribution in [0, 0.1) is 0 Å². The molecule has 0 bridgehead atoms. The molecule has 2 N–H and O–H groups in total. The average Bonchev–Trinajstić information content (AvgIpc) is 2.63. The van der Waals surface area contributed by atoms with Crippen LogP contribution in [0.3, 0.4) is 0 Å². The Bertz CT molecular complexity index is 1040. The molecule has 0 aromatic heterocycles. The predicted molar refractivity (Wildman–Crippen MR) is 91.0 cm³/mol. The molecular formula is C12H8Cl2O10S3. The Labute approximate surface area is 167 Å². The summed E-state index contributed by atoms with van der Waals surface area (Å²) in [6, 6.07) is 6.31. The Morgan fingerprint density at radius 3 is 2.07 bits per heavy atom. The van der Waals surface area contributed by atoms with E-state index in [0.29, 0.717) is 12.0 Å². The Morgan fingerprint density at radius 2 is 1.48 bits per heavy atom. The quantitative estimate of drug-likeness (QED) is 0.249. The molecule has 148 valence electrons. The highest BCUT2D eigenvalue weighted by Gasteiger charge is 2.25. The van der Waals surface area contributed by atoms with Crippen molar-refractivity contribution in [3.8, 4) is 0 Å². The first kappa shape index (κ1) is 22.3. The van der Waals surface area contributed by atoms with E-state index in [1.165, 1.54) is 6.07 Å². The van der Waals surface area contributed by atoms with Gasteiger partial charge in [-0.05, 0) is 46.5 Å². The first-order valence-electron chi connectivity index (χ1n) is 6.37. The standard InChI is InChI=1S/C12H8Cl2O10S3/c13-9-3-1-7(5-11(9)25-24-23-21-15)26(17,18)8-2-4-10(14)12(6-8)27(19,20)22-16/h1-6,15-16H. The minimum Gasteiger partial charge on any atom is -0.235 e. The fourth-order valence-corrected chi connectivity index (χ4v) is 4.98. The van der Waals surface area contributed by atoms with E-state index in [1.807, 2.05) is 0 Å². The van der Waals surface area contributed by atoms with Crippen LogP contribution in [0.15, 0.2) is 56.0 Å². The number of hydrogen-bond donors (Lipinski definition) is 2. The summed E-state index contributed by atoms with van der Waals surface area (Å²) in [5.74, 6) is 0. The van der Waals surface area contributed by atoms with E-state index < -0.39 is 29.7 Å². The molecule has 0 aliphatic rings. The zero-order valence-electron chi connectivity index (χ0n) is 12.6. The van der Waals surface area contributed by atoms with Gasteiger partial charge in [0.05, 0.1) is 36.8 Å². The second-order valence-corrected chi connectivity index (χ2v) is 9.51. The SMILES string of the molecule is O=S(=O)(OO)c1cc(S(=O)(=O)c2ccc(Cl)c(SOOOO)c2)ccc1Cl. The van der Waals surface area contributed by atoms with Crippen LogP contribution < -0.4 is 0 Å². The molecule has 2 aromatic carbocycles. The van der Waals surface area contributed by atoms with Crippen LogP contribution in [0.2, 0.25) is 10.0 Å². The van der Waals surface area contributed by atoms with Gasteiger partial charge in [0.25, 0.3) is 0 Å². The van der Waals surface area contributed by atoms with Gasteiger partial charge in [-0.1, -0.05) is 23.2 Å². The predicted octanol–water partition coefficient (Wildman–Crippen LogP) is 3.36. The van der Waals surface area contributed by atoms with E-state index in [-0.39, 0.29) is 19.8 Å². The topological polar surface area (TPSA) is 146 Å². The van der Waals surface area contributed by atoms with Crippen LogP contribution in [0.25, 0.3) is 0 Å². The third-order valence-corrected chi connectivity index (χ3v) is 7.32. The van der Waals surface area contributed by atoms with Crippen molar-refractivity contribution in [1.82, 2.24) is 0 Å². The number of benzene rings is 2. The zero-order chi connectivity index (χ0) is 20.2. The highest BCUT2D eigenvalue weighted by molar-refractivity contribution is 7.94. The van der Waals surface area contributed by atoms with Crippen LogP contribution in [-0.2, 0) is 38.7 Å². The summed E-state index contributed by atoms with van der Waals surface area (Å²) in [5.41, 5.74) is 0. The van der Waals surface area contributed by atoms with E-state index in [4.69, 9.17) is 33.7 Å². The molecule has 2 aromatic rings. The first-order chi connectivity index (χ1) is 12.6. The molecule has 0 fully saturated rings. The van der Waals surface area contributed by atoms with Crippen molar-refractivity contribution in [3.05, 3.63) is 46.4 Å². The molecule has 10 nitrogen and oxygen atoms in total. The van der Waals surface area contributed by atoms with Gasteiger partial charge < -0.3 is 0 Å². The molecule has 0 atom stereocenters. The zero-order valence-corrected chi connectivity index (χ0v) is 16.6. The van der Waals surface area contributed by atoms with Gasteiger partial charge in [0.2, 0.25) is 9.84 Å². The van der Waals surface area contributed by atoms with Gasteiger partial charge in [-0.3, -0.25) is 0 Å². The van der Waals surface area contributed by atoms with Crippen LogP contribution in [0.5, 0.6) is 0 Å². The molecule has 0 aliphatic carbocycles. The second kappa shape index (κ2) is 9.02. The van der Waals surface area contributed by atoms with Crippen molar-refractivity contribution >= 4 is 55.2 Å². The van der Waals surface area contributed by atoms with Crippen molar-refractivity contribution in [2.45, 2.75) is 19.6 Å². The lowest BCUT2D eigenvalue weighted by Gasteiger charge is -2.09. The Hall–Kier alpha value is -0.970.